The van der Waals surface area contributed by atoms with Gasteiger partial charge < -0.3 is 0 Å². The molecule has 0 aliphatic carbocycles. The summed E-state index contributed by atoms with van der Waals surface area (Å²) in [7, 11) is 0. The normalized spacial score (nSPS) is 16.1. The van der Waals surface area contributed by atoms with E-state index in [1.54, 1.807) is 0 Å². The molecule has 0 N–H and O–H groups in total. The Morgan fingerprint density at radius 3 is 1.62 bits per heavy atom. The van der Waals surface area contributed by atoms with E-state index in [0.717, 1.165) is 12.8 Å². The maximum Gasteiger partial charge on any atom is 0.213 e. The van der Waals surface area contributed by atoms with E-state index < -0.39 is 0 Å². The molecule has 0 bridgehead atoms. The second-order valence-corrected chi connectivity index (χ2v) is 16.0. The van der Waals surface area contributed by atoms with E-state index in [9.17, 15) is 0 Å². The molecule has 4 aromatic carbocycles. The number of benzene rings is 4. The molecule has 242 valence electrons. The molecule has 1 heteroatoms. The van der Waals surface area contributed by atoms with Gasteiger partial charge in [0.2, 0.25) is 5.69 Å². The van der Waals surface area contributed by atoms with Crippen molar-refractivity contribution in [1.82, 2.24) is 0 Å². The maximum atomic E-state index is 2.62. The van der Waals surface area contributed by atoms with Crippen LogP contribution in [-0.4, -0.2) is 0 Å². The van der Waals surface area contributed by atoms with Gasteiger partial charge in [0.1, 0.15) is 0 Å². The van der Waals surface area contributed by atoms with Crippen LogP contribution in [0.2, 0.25) is 0 Å². The molecule has 6 rings (SSSR count). The van der Waals surface area contributed by atoms with Crippen LogP contribution in [0.1, 0.15) is 104 Å². The van der Waals surface area contributed by atoms with Gasteiger partial charge in [0.15, 0.2) is 11.7 Å². The van der Waals surface area contributed by atoms with Gasteiger partial charge in [0.25, 0.3) is 0 Å². The Hall–Kier alpha value is -3.97. The molecular formula is C46H54N+. The van der Waals surface area contributed by atoms with Crippen LogP contribution in [-0.2, 0) is 22.8 Å². The summed E-state index contributed by atoms with van der Waals surface area (Å²) in [5, 5.41) is 0. The van der Waals surface area contributed by atoms with Crippen molar-refractivity contribution in [2.24, 2.45) is 0 Å². The summed E-state index contributed by atoms with van der Waals surface area (Å²) in [5.41, 5.74) is 14.9. The Labute approximate surface area is 284 Å². The molecule has 0 amide bonds. The monoisotopic (exact) mass is 620 g/mol. The van der Waals surface area contributed by atoms with Crippen LogP contribution in [0.4, 0.5) is 0 Å². The van der Waals surface area contributed by atoms with Crippen molar-refractivity contribution in [3.05, 3.63) is 126 Å². The average molecular weight is 621 g/mol. The number of pyridine rings is 1. The van der Waals surface area contributed by atoms with Gasteiger partial charge in [0.05, 0.1) is 5.56 Å². The molecule has 0 saturated carbocycles. The average Bonchev–Trinajstić information content (AvgIpc) is 3.07. The summed E-state index contributed by atoms with van der Waals surface area (Å²) in [6, 6.07) is 39.6. The molecule has 1 aromatic heterocycles. The molecule has 1 atom stereocenters. The van der Waals surface area contributed by atoms with E-state index >= 15 is 0 Å². The van der Waals surface area contributed by atoms with E-state index in [4.69, 9.17) is 0 Å². The molecule has 2 heterocycles. The Morgan fingerprint density at radius 1 is 0.574 bits per heavy atom. The Bertz CT molecular complexity index is 1770. The SMILES string of the molecule is CCCCCC1(CC)Cc2ccc(-c3cc(-c4ccc(C(C)(C)C)cc4)cc(-c4ccc(C(C)(C)C)cc4)c3)cc2-c2cccc[n+]21. The Morgan fingerprint density at radius 2 is 1.11 bits per heavy atom. The highest BCUT2D eigenvalue weighted by atomic mass is 15.1. The second-order valence-electron chi connectivity index (χ2n) is 16.0. The topological polar surface area (TPSA) is 3.88 Å². The van der Waals surface area contributed by atoms with Crippen molar-refractivity contribution in [2.45, 2.75) is 110 Å². The lowest BCUT2D eigenvalue weighted by Crippen LogP contribution is -2.60. The molecular weight excluding hydrogens is 567 g/mol. The second kappa shape index (κ2) is 12.9. The fourth-order valence-corrected chi connectivity index (χ4v) is 7.50. The first-order valence-electron chi connectivity index (χ1n) is 17.9. The summed E-state index contributed by atoms with van der Waals surface area (Å²) < 4.78 is 2.62. The lowest BCUT2D eigenvalue weighted by atomic mass is 9.77. The molecule has 0 spiro atoms. The molecule has 1 nitrogen and oxygen atoms in total. The summed E-state index contributed by atoms with van der Waals surface area (Å²) >= 11 is 0. The van der Waals surface area contributed by atoms with Crippen molar-refractivity contribution in [3.63, 3.8) is 0 Å². The van der Waals surface area contributed by atoms with E-state index in [2.05, 4.69) is 169 Å². The fraction of sp³-hybridized carbons (Fsp3) is 0.370. The molecule has 5 aromatic rings. The minimum atomic E-state index is 0.128. The van der Waals surface area contributed by atoms with Gasteiger partial charge in [-0.05, 0) is 97.7 Å². The van der Waals surface area contributed by atoms with Gasteiger partial charge in [-0.15, -0.1) is 0 Å². The zero-order valence-corrected chi connectivity index (χ0v) is 30.1. The third-order valence-electron chi connectivity index (χ3n) is 10.6. The highest BCUT2D eigenvalue weighted by Gasteiger charge is 2.44. The summed E-state index contributed by atoms with van der Waals surface area (Å²) in [6.45, 7) is 18.4. The van der Waals surface area contributed by atoms with E-state index in [1.165, 1.54) is 87.0 Å². The molecule has 1 aliphatic heterocycles. The van der Waals surface area contributed by atoms with Gasteiger partial charge in [-0.25, -0.2) is 0 Å². The molecule has 1 unspecified atom stereocenters. The van der Waals surface area contributed by atoms with Crippen molar-refractivity contribution >= 4 is 0 Å². The number of rotatable bonds is 8. The highest BCUT2D eigenvalue weighted by Crippen LogP contribution is 2.41. The summed E-state index contributed by atoms with van der Waals surface area (Å²) in [6.07, 6.45) is 9.64. The first-order chi connectivity index (χ1) is 22.4. The highest BCUT2D eigenvalue weighted by molar-refractivity contribution is 5.83. The summed E-state index contributed by atoms with van der Waals surface area (Å²) in [5.74, 6) is 0. The quantitative estimate of drug-likeness (QED) is 0.120. The zero-order chi connectivity index (χ0) is 33.4. The minimum absolute atomic E-state index is 0.128. The minimum Gasteiger partial charge on any atom is -0.193 e. The van der Waals surface area contributed by atoms with Gasteiger partial charge >= 0.3 is 0 Å². The number of nitrogens with zero attached hydrogens (tertiary/aromatic N) is 1. The van der Waals surface area contributed by atoms with Crippen LogP contribution < -0.4 is 4.57 Å². The zero-order valence-electron chi connectivity index (χ0n) is 30.1. The predicted octanol–water partition coefficient (Wildman–Crippen LogP) is 12.5. The number of aromatic nitrogens is 1. The van der Waals surface area contributed by atoms with Gasteiger partial charge in [-0.3, -0.25) is 0 Å². The lowest BCUT2D eigenvalue weighted by Gasteiger charge is -2.34. The fourth-order valence-electron chi connectivity index (χ4n) is 7.50. The summed E-state index contributed by atoms with van der Waals surface area (Å²) in [4.78, 5) is 0. The largest absolute Gasteiger partial charge is 0.213 e. The van der Waals surface area contributed by atoms with Crippen LogP contribution in [0, 0.1) is 0 Å². The van der Waals surface area contributed by atoms with E-state index in [0.29, 0.717) is 0 Å². The van der Waals surface area contributed by atoms with Crippen LogP contribution in [0.3, 0.4) is 0 Å². The van der Waals surface area contributed by atoms with Crippen LogP contribution >= 0.6 is 0 Å². The smallest absolute Gasteiger partial charge is 0.193 e. The third kappa shape index (κ3) is 6.73. The van der Waals surface area contributed by atoms with E-state index in [1.807, 2.05) is 0 Å². The van der Waals surface area contributed by atoms with Crippen LogP contribution in [0.25, 0.3) is 44.6 Å². The van der Waals surface area contributed by atoms with Crippen molar-refractivity contribution in [2.75, 3.05) is 0 Å². The number of hydrogen-bond acceptors (Lipinski definition) is 0. The Kier molecular flexibility index (Phi) is 9.05. The molecule has 0 saturated heterocycles. The Balaban J connectivity index is 1.47. The molecule has 1 aliphatic rings. The number of hydrogen-bond donors (Lipinski definition) is 0. The maximum absolute atomic E-state index is 2.62. The molecule has 47 heavy (non-hydrogen) atoms. The van der Waals surface area contributed by atoms with Gasteiger partial charge in [0, 0.05) is 31.4 Å². The number of unbranched alkanes of at least 4 members (excludes halogenated alkanes) is 2. The van der Waals surface area contributed by atoms with Crippen LogP contribution in [0.5, 0.6) is 0 Å². The van der Waals surface area contributed by atoms with Crippen LogP contribution in [0.15, 0.2) is 109 Å². The predicted molar refractivity (Wildman–Crippen MR) is 202 cm³/mol. The van der Waals surface area contributed by atoms with Crippen molar-refractivity contribution < 1.29 is 4.57 Å². The number of fused-ring (bicyclic) bond motifs is 3. The van der Waals surface area contributed by atoms with Gasteiger partial charge in [-0.2, -0.15) is 4.57 Å². The van der Waals surface area contributed by atoms with Gasteiger partial charge in [-0.1, -0.05) is 129 Å². The standard InChI is InChI=1S/C46H54N/c1-9-11-13-26-46(10-2)32-36-17-16-35(31-42(36)43-15-12-14-27-47(43)46)39-29-37(33-18-22-40(23-19-33)44(3,4)5)28-38(30-39)34-20-24-41(25-21-34)45(6,7)8/h12,14-25,27-31H,9-11,13,26,32H2,1-8H3/q+1. The van der Waals surface area contributed by atoms with Crippen molar-refractivity contribution in [1.29, 1.82) is 0 Å². The van der Waals surface area contributed by atoms with Crippen molar-refractivity contribution in [3.8, 4) is 44.6 Å². The molecule has 0 radical (unpaired) electrons. The van der Waals surface area contributed by atoms with E-state index in [-0.39, 0.29) is 16.4 Å². The lowest BCUT2D eigenvalue weighted by molar-refractivity contribution is -0.759. The third-order valence-corrected chi connectivity index (χ3v) is 10.6. The first kappa shape index (κ1) is 33.0. The first-order valence-corrected chi connectivity index (χ1v) is 17.9. The molecule has 0 fully saturated rings.